The van der Waals surface area contributed by atoms with Gasteiger partial charge in [-0.1, -0.05) is 54.9 Å². The first kappa shape index (κ1) is 28.1. The summed E-state index contributed by atoms with van der Waals surface area (Å²) >= 11 is 0. The van der Waals surface area contributed by atoms with Crippen molar-refractivity contribution in [2.24, 2.45) is 52.3 Å². The minimum Gasteiger partial charge on any atom is -0.414 e. The van der Waals surface area contributed by atoms with Crippen LogP contribution in [0.15, 0.2) is 0 Å². The summed E-state index contributed by atoms with van der Waals surface area (Å²) in [6.07, 6.45) is 11.0. The molecule has 3 nitrogen and oxygen atoms in total. The van der Waals surface area contributed by atoms with Gasteiger partial charge in [0, 0.05) is 12.7 Å². The molecule has 4 saturated carbocycles. The Balaban J connectivity index is 1.59. The number of aliphatic hydroxyl groups excluding tert-OH is 2. The average molecular weight is 507 g/mol. The Hall–Kier alpha value is 0.0969. The summed E-state index contributed by atoms with van der Waals surface area (Å²) in [7, 11) is -1.79. The Kier molecular flexibility index (Phi) is 7.78. The van der Waals surface area contributed by atoms with Crippen LogP contribution < -0.4 is 0 Å². The molecule has 0 aliphatic heterocycles. The molecule has 11 atom stereocenters. The minimum atomic E-state index is -1.79. The van der Waals surface area contributed by atoms with Crippen molar-refractivity contribution in [2.75, 3.05) is 6.61 Å². The van der Waals surface area contributed by atoms with E-state index in [4.69, 9.17) is 4.43 Å². The highest BCUT2D eigenvalue weighted by atomic mass is 28.4. The van der Waals surface area contributed by atoms with E-state index in [1.165, 1.54) is 38.5 Å². The molecule has 35 heavy (non-hydrogen) atoms. The van der Waals surface area contributed by atoms with Gasteiger partial charge in [0.2, 0.25) is 0 Å². The first-order valence-corrected chi connectivity index (χ1v) is 18.1. The normalized spacial score (nSPS) is 47.1. The standard InChI is InChI=1S/C31H58O3Si/c1-10-22-26-19-21(34-35(8,9)29(3,4)5)13-16-31(26,7)25-14-17-30(6)23(20(2)15-18-32)11-12-24(30)27(25)28(22)33/h20-28,32-33H,10-19H2,1-9H3/t20-,21?,22-,23-,24?,25?,26?,27+,28-,30-,31-/m1/s1. The van der Waals surface area contributed by atoms with Crippen molar-refractivity contribution in [1.82, 2.24) is 0 Å². The third kappa shape index (κ3) is 4.53. The summed E-state index contributed by atoms with van der Waals surface area (Å²) in [4.78, 5) is 0. The fraction of sp³-hybridized carbons (Fsp3) is 1.00. The molecule has 0 aromatic rings. The average Bonchev–Trinajstić information content (AvgIpc) is 3.11. The zero-order chi connectivity index (χ0) is 26.0. The lowest BCUT2D eigenvalue weighted by Gasteiger charge is -2.65. The van der Waals surface area contributed by atoms with Crippen LogP contribution in [0.1, 0.15) is 106 Å². The van der Waals surface area contributed by atoms with Crippen molar-refractivity contribution in [3.05, 3.63) is 0 Å². The van der Waals surface area contributed by atoms with E-state index in [0.29, 0.717) is 65.0 Å². The van der Waals surface area contributed by atoms with Gasteiger partial charge in [-0.25, -0.2) is 0 Å². The van der Waals surface area contributed by atoms with Crippen molar-refractivity contribution in [2.45, 2.75) is 137 Å². The van der Waals surface area contributed by atoms with Crippen LogP contribution in [0, 0.1) is 52.3 Å². The first-order valence-electron chi connectivity index (χ1n) is 15.2. The summed E-state index contributed by atoms with van der Waals surface area (Å²) in [6, 6.07) is 0. The zero-order valence-electron chi connectivity index (χ0n) is 24.6. The third-order valence-corrected chi connectivity index (χ3v) is 17.5. The van der Waals surface area contributed by atoms with Crippen LogP contribution in [-0.4, -0.2) is 37.3 Å². The topological polar surface area (TPSA) is 49.7 Å². The Morgan fingerprint density at radius 2 is 1.60 bits per heavy atom. The Labute approximate surface area is 218 Å². The molecule has 2 N–H and O–H groups in total. The predicted molar refractivity (Wildman–Crippen MR) is 149 cm³/mol. The first-order chi connectivity index (χ1) is 16.2. The predicted octanol–water partition coefficient (Wildman–Crippen LogP) is 7.66. The van der Waals surface area contributed by atoms with Gasteiger partial charge >= 0.3 is 0 Å². The highest BCUT2D eigenvalue weighted by Crippen LogP contribution is 2.69. The number of rotatable bonds is 6. The van der Waals surface area contributed by atoms with Crippen LogP contribution in [0.3, 0.4) is 0 Å². The van der Waals surface area contributed by atoms with Crippen LogP contribution in [0.2, 0.25) is 18.1 Å². The molecule has 4 unspecified atom stereocenters. The summed E-state index contributed by atoms with van der Waals surface area (Å²) in [6.45, 7) is 22.1. The van der Waals surface area contributed by atoms with Gasteiger partial charge in [-0.3, -0.25) is 0 Å². The highest BCUT2D eigenvalue weighted by Gasteiger charge is 2.65. The van der Waals surface area contributed by atoms with E-state index in [9.17, 15) is 10.2 Å². The smallest absolute Gasteiger partial charge is 0.192 e. The minimum absolute atomic E-state index is 0.161. The lowest BCUT2D eigenvalue weighted by molar-refractivity contribution is -0.202. The van der Waals surface area contributed by atoms with Crippen LogP contribution in [0.25, 0.3) is 0 Å². The molecule has 4 fully saturated rings. The summed E-state index contributed by atoms with van der Waals surface area (Å²) in [5.41, 5.74) is 0.675. The largest absolute Gasteiger partial charge is 0.414 e. The fourth-order valence-electron chi connectivity index (χ4n) is 10.0. The van der Waals surface area contributed by atoms with Gasteiger partial charge in [0.1, 0.15) is 0 Å². The zero-order valence-corrected chi connectivity index (χ0v) is 25.6. The molecule has 204 valence electrons. The van der Waals surface area contributed by atoms with E-state index < -0.39 is 8.32 Å². The molecule has 0 saturated heterocycles. The molecular weight excluding hydrogens is 448 g/mol. The third-order valence-electron chi connectivity index (χ3n) is 13.0. The summed E-state index contributed by atoms with van der Waals surface area (Å²) in [5.74, 6) is 4.04. The summed E-state index contributed by atoms with van der Waals surface area (Å²) < 4.78 is 6.99. The van der Waals surface area contributed by atoms with Crippen molar-refractivity contribution in [3.8, 4) is 0 Å². The second-order valence-electron chi connectivity index (χ2n) is 15.5. The van der Waals surface area contributed by atoms with Gasteiger partial charge in [0.05, 0.1) is 6.10 Å². The molecule has 0 spiro atoms. The lowest BCUT2D eigenvalue weighted by atomic mass is 9.41. The van der Waals surface area contributed by atoms with Gasteiger partial charge in [0.15, 0.2) is 8.32 Å². The number of aliphatic hydroxyl groups is 2. The maximum Gasteiger partial charge on any atom is 0.192 e. The molecule has 0 amide bonds. The van der Waals surface area contributed by atoms with Crippen molar-refractivity contribution >= 4 is 8.32 Å². The molecule has 0 aromatic carbocycles. The lowest BCUT2D eigenvalue weighted by Crippen LogP contribution is -2.62. The maximum absolute atomic E-state index is 12.1. The quantitative estimate of drug-likeness (QED) is 0.364. The van der Waals surface area contributed by atoms with Gasteiger partial charge in [-0.05, 0) is 122 Å². The maximum atomic E-state index is 12.1. The molecule has 0 heterocycles. The van der Waals surface area contributed by atoms with Gasteiger partial charge in [0.25, 0.3) is 0 Å². The van der Waals surface area contributed by atoms with Gasteiger partial charge in [-0.2, -0.15) is 0 Å². The van der Waals surface area contributed by atoms with E-state index in [1.54, 1.807) is 0 Å². The van der Waals surface area contributed by atoms with Gasteiger partial charge < -0.3 is 14.6 Å². The van der Waals surface area contributed by atoms with E-state index >= 15 is 0 Å². The molecule has 4 aliphatic rings. The molecule has 0 radical (unpaired) electrons. The molecule has 4 rings (SSSR count). The molecule has 0 bridgehead atoms. The van der Waals surface area contributed by atoms with Gasteiger partial charge in [-0.15, -0.1) is 0 Å². The molecular formula is C31H58O3Si. The van der Waals surface area contributed by atoms with Crippen molar-refractivity contribution < 1.29 is 14.6 Å². The van der Waals surface area contributed by atoms with Crippen molar-refractivity contribution in [3.63, 3.8) is 0 Å². The van der Waals surface area contributed by atoms with E-state index in [-0.39, 0.29) is 11.1 Å². The Bertz CT molecular complexity index is 746. The number of fused-ring (bicyclic) bond motifs is 5. The monoisotopic (exact) mass is 506 g/mol. The van der Waals surface area contributed by atoms with Crippen molar-refractivity contribution in [1.29, 1.82) is 0 Å². The van der Waals surface area contributed by atoms with Crippen LogP contribution >= 0.6 is 0 Å². The second kappa shape index (κ2) is 9.69. The molecule has 0 aromatic heterocycles. The van der Waals surface area contributed by atoms with Crippen LogP contribution in [0.4, 0.5) is 0 Å². The van der Waals surface area contributed by atoms with E-state index in [0.717, 1.165) is 19.3 Å². The van der Waals surface area contributed by atoms with E-state index in [1.807, 2.05) is 0 Å². The second-order valence-corrected chi connectivity index (χ2v) is 20.2. The molecule has 4 heteroatoms. The number of hydrogen-bond donors (Lipinski definition) is 2. The molecule has 4 aliphatic carbocycles. The van der Waals surface area contributed by atoms with Crippen LogP contribution in [0.5, 0.6) is 0 Å². The fourth-order valence-corrected chi connectivity index (χ4v) is 11.4. The highest BCUT2D eigenvalue weighted by molar-refractivity contribution is 6.74. The SMILES string of the molecule is CC[C@@H]1C2CC(O[Si](C)(C)C(C)(C)C)CC[C@]2(C)C2CC[C@@]3(C)C(CC[C@@H]3[C@H](C)CCO)[C@@H]2[C@@H]1O. The number of hydrogen-bond acceptors (Lipinski definition) is 3. The Morgan fingerprint density at radius 3 is 2.20 bits per heavy atom. The Morgan fingerprint density at radius 1 is 0.971 bits per heavy atom. The summed E-state index contributed by atoms with van der Waals surface area (Å²) in [5, 5.41) is 22.0. The van der Waals surface area contributed by atoms with E-state index in [2.05, 4.69) is 61.6 Å². The van der Waals surface area contributed by atoms with Crippen LogP contribution in [-0.2, 0) is 4.43 Å².